The number of hydrogen-bond donors (Lipinski definition) is 1. The average molecular weight is 257 g/mol. The lowest BCUT2D eigenvalue weighted by atomic mass is 10.2. The van der Waals surface area contributed by atoms with E-state index >= 15 is 0 Å². The highest BCUT2D eigenvalue weighted by atomic mass is 32.1. The monoisotopic (exact) mass is 257 g/mol. The van der Waals surface area contributed by atoms with Crippen LogP contribution in [0.4, 0.5) is 4.79 Å². The lowest BCUT2D eigenvalue weighted by Gasteiger charge is -2.25. The molecule has 1 heterocycles. The van der Waals surface area contributed by atoms with Crippen molar-refractivity contribution in [1.82, 2.24) is 4.90 Å². The first kappa shape index (κ1) is 14.0. The third kappa shape index (κ3) is 4.75. The van der Waals surface area contributed by atoms with Crippen molar-refractivity contribution in [2.24, 2.45) is 0 Å². The molecule has 0 spiro atoms. The Morgan fingerprint density at radius 2 is 2.24 bits per heavy atom. The van der Waals surface area contributed by atoms with Crippen LogP contribution in [0.2, 0.25) is 0 Å². The average Bonchev–Trinajstić information content (AvgIpc) is 2.67. The van der Waals surface area contributed by atoms with E-state index < -0.39 is 17.8 Å². The van der Waals surface area contributed by atoms with Crippen LogP contribution in [0.1, 0.15) is 31.8 Å². The Balaban J connectivity index is 2.49. The molecule has 1 aromatic rings. The number of amides is 1. The minimum atomic E-state index is -0.660. The summed E-state index contributed by atoms with van der Waals surface area (Å²) in [4.78, 5) is 13.9. The quantitative estimate of drug-likeness (QED) is 0.905. The van der Waals surface area contributed by atoms with Gasteiger partial charge < -0.3 is 14.7 Å². The number of nitrogens with zero attached hydrogens (tertiary/aromatic N) is 1. The van der Waals surface area contributed by atoms with Crippen LogP contribution in [0.15, 0.2) is 17.5 Å². The molecule has 0 aromatic carbocycles. The van der Waals surface area contributed by atoms with Crippen molar-refractivity contribution in [3.05, 3.63) is 22.4 Å². The van der Waals surface area contributed by atoms with Crippen molar-refractivity contribution >= 4 is 17.4 Å². The topological polar surface area (TPSA) is 49.8 Å². The maximum Gasteiger partial charge on any atom is 0.410 e. The highest BCUT2D eigenvalue weighted by molar-refractivity contribution is 7.10. The number of carbonyl (C=O) groups is 1. The van der Waals surface area contributed by atoms with Gasteiger partial charge >= 0.3 is 6.09 Å². The van der Waals surface area contributed by atoms with E-state index in [2.05, 4.69) is 0 Å². The first-order chi connectivity index (χ1) is 7.79. The van der Waals surface area contributed by atoms with Crippen LogP contribution in [0.25, 0.3) is 0 Å². The van der Waals surface area contributed by atoms with E-state index in [1.807, 2.05) is 38.3 Å². The molecular weight excluding hydrogens is 238 g/mol. The summed E-state index contributed by atoms with van der Waals surface area (Å²) < 4.78 is 5.20. The van der Waals surface area contributed by atoms with E-state index in [9.17, 15) is 9.90 Å². The first-order valence-corrected chi connectivity index (χ1v) is 6.33. The number of hydrogen-bond acceptors (Lipinski definition) is 4. The van der Waals surface area contributed by atoms with Gasteiger partial charge in [-0.25, -0.2) is 4.79 Å². The molecule has 4 nitrogen and oxygen atoms in total. The van der Waals surface area contributed by atoms with Gasteiger partial charge in [0.15, 0.2) is 0 Å². The van der Waals surface area contributed by atoms with Crippen LogP contribution >= 0.6 is 11.3 Å². The van der Waals surface area contributed by atoms with Crippen LogP contribution in [0.5, 0.6) is 0 Å². The van der Waals surface area contributed by atoms with Gasteiger partial charge in [0.25, 0.3) is 0 Å². The van der Waals surface area contributed by atoms with Gasteiger partial charge in [-0.05, 0) is 32.2 Å². The Morgan fingerprint density at radius 1 is 1.59 bits per heavy atom. The summed E-state index contributed by atoms with van der Waals surface area (Å²) in [5.41, 5.74) is -0.515. The zero-order valence-corrected chi connectivity index (χ0v) is 11.5. The second-order valence-corrected chi connectivity index (χ2v) is 5.87. The summed E-state index contributed by atoms with van der Waals surface area (Å²) in [7, 11) is 1.62. The number of likely N-dealkylation sites (N-methyl/N-ethyl adjacent to an activating group) is 1. The maximum absolute atomic E-state index is 11.7. The Morgan fingerprint density at radius 3 is 2.71 bits per heavy atom. The molecule has 0 aliphatic heterocycles. The number of aliphatic hydroxyl groups is 1. The van der Waals surface area contributed by atoms with Gasteiger partial charge in [-0.15, -0.1) is 11.3 Å². The largest absolute Gasteiger partial charge is 0.444 e. The van der Waals surface area contributed by atoms with Gasteiger partial charge in [0, 0.05) is 11.9 Å². The molecule has 5 heteroatoms. The van der Waals surface area contributed by atoms with Crippen molar-refractivity contribution in [2.75, 3.05) is 13.6 Å². The van der Waals surface area contributed by atoms with Crippen LogP contribution in [0, 0.1) is 0 Å². The Labute approximate surface area is 106 Å². The Kier molecular flexibility index (Phi) is 4.54. The molecule has 1 aromatic heterocycles. The van der Waals surface area contributed by atoms with Crippen LogP contribution < -0.4 is 0 Å². The molecule has 1 N–H and O–H groups in total. The summed E-state index contributed by atoms with van der Waals surface area (Å²) in [6.07, 6.45) is -1.08. The van der Waals surface area contributed by atoms with Gasteiger partial charge in [-0.2, -0.15) is 0 Å². The van der Waals surface area contributed by atoms with Gasteiger partial charge in [0.1, 0.15) is 11.7 Å². The van der Waals surface area contributed by atoms with Gasteiger partial charge in [0.05, 0.1) is 6.54 Å². The SMILES string of the molecule is CN(CC(O)c1cccs1)C(=O)OC(C)(C)C. The van der Waals surface area contributed by atoms with E-state index in [-0.39, 0.29) is 6.54 Å². The predicted molar refractivity (Wildman–Crippen MR) is 68.1 cm³/mol. The molecule has 0 saturated heterocycles. The molecule has 96 valence electrons. The molecule has 1 unspecified atom stereocenters. The molecule has 1 atom stereocenters. The fourth-order valence-electron chi connectivity index (χ4n) is 1.24. The van der Waals surface area contributed by atoms with Crippen molar-refractivity contribution in [3.8, 4) is 0 Å². The number of carbonyl (C=O) groups excluding carboxylic acids is 1. The number of aliphatic hydroxyl groups excluding tert-OH is 1. The third-order valence-corrected chi connectivity index (χ3v) is 3.00. The molecule has 0 fully saturated rings. The molecule has 0 aliphatic rings. The van der Waals surface area contributed by atoms with Gasteiger partial charge in [0.2, 0.25) is 0 Å². The van der Waals surface area contributed by atoms with E-state index in [0.29, 0.717) is 0 Å². The summed E-state index contributed by atoms with van der Waals surface area (Å²) >= 11 is 1.47. The lowest BCUT2D eigenvalue weighted by molar-refractivity contribution is 0.0208. The van der Waals surface area contributed by atoms with Crippen molar-refractivity contribution in [1.29, 1.82) is 0 Å². The van der Waals surface area contributed by atoms with Crippen LogP contribution in [0.3, 0.4) is 0 Å². The standard InChI is InChI=1S/C12H19NO3S/c1-12(2,3)16-11(15)13(4)8-9(14)10-6-5-7-17-10/h5-7,9,14H,8H2,1-4H3. The Hall–Kier alpha value is -1.07. The number of ether oxygens (including phenoxy) is 1. The second-order valence-electron chi connectivity index (χ2n) is 4.89. The molecular formula is C12H19NO3S. The molecule has 0 saturated carbocycles. The number of thiophene rings is 1. The highest BCUT2D eigenvalue weighted by Crippen LogP contribution is 2.20. The van der Waals surface area contributed by atoms with E-state index in [1.165, 1.54) is 16.2 Å². The fraction of sp³-hybridized carbons (Fsp3) is 0.583. The number of rotatable bonds is 3. The van der Waals surface area contributed by atoms with Crippen molar-refractivity contribution in [3.63, 3.8) is 0 Å². The zero-order chi connectivity index (χ0) is 13.1. The normalized spacial score (nSPS) is 13.2. The van der Waals surface area contributed by atoms with E-state index in [1.54, 1.807) is 7.05 Å². The predicted octanol–water partition coefficient (Wildman–Crippen LogP) is 2.65. The molecule has 0 aliphatic carbocycles. The molecule has 1 rings (SSSR count). The molecule has 17 heavy (non-hydrogen) atoms. The van der Waals surface area contributed by atoms with Crippen LogP contribution in [-0.4, -0.2) is 35.3 Å². The second kappa shape index (κ2) is 5.51. The van der Waals surface area contributed by atoms with Crippen LogP contribution in [-0.2, 0) is 4.74 Å². The smallest absolute Gasteiger partial charge is 0.410 e. The first-order valence-electron chi connectivity index (χ1n) is 5.45. The summed E-state index contributed by atoms with van der Waals surface area (Å²) in [5, 5.41) is 11.8. The molecule has 0 bridgehead atoms. The summed E-state index contributed by atoms with van der Waals surface area (Å²) in [5.74, 6) is 0. The van der Waals surface area contributed by atoms with Crippen molar-refractivity contribution in [2.45, 2.75) is 32.5 Å². The highest BCUT2D eigenvalue weighted by Gasteiger charge is 2.21. The summed E-state index contributed by atoms with van der Waals surface area (Å²) in [6, 6.07) is 3.72. The zero-order valence-electron chi connectivity index (χ0n) is 10.6. The Bertz CT molecular complexity index is 356. The molecule has 1 amide bonds. The van der Waals surface area contributed by atoms with E-state index in [0.717, 1.165) is 4.88 Å². The summed E-state index contributed by atoms with van der Waals surface area (Å²) in [6.45, 7) is 5.67. The van der Waals surface area contributed by atoms with E-state index in [4.69, 9.17) is 4.74 Å². The molecule has 0 radical (unpaired) electrons. The third-order valence-electron chi connectivity index (χ3n) is 2.02. The van der Waals surface area contributed by atoms with Crippen molar-refractivity contribution < 1.29 is 14.6 Å². The maximum atomic E-state index is 11.7. The lowest BCUT2D eigenvalue weighted by Crippen LogP contribution is -2.36. The minimum Gasteiger partial charge on any atom is -0.444 e. The van der Waals surface area contributed by atoms with Gasteiger partial charge in [-0.1, -0.05) is 6.07 Å². The van der Waals surface area contributed by atoms with Gasteiger partial charge in [-0.3, -0.25) is 0 Å². The minimum absolute atomic E-state index is 0.232. The fourth-order valence-corrected chi connectivity index (χ4v) is 1.95.